The Morgan fingerprint density at radius 3 is 2.58 bits per heavy atom. The molecule has 0 saturated heterocycles. The van der Waals surface area contributed by atoms with Crippen molar-refractivity contribution in [1.29, 1.82) is 0 Å². The van der Waals surface area contributed by atoms with Gasteiger partial charge in [0.15, 0.2) is 5.78 Å². The van der Waals surface area contributed by atoms with Crippen LogP contribution >= 0.6 is 38.5 Å². The maximum atomic E-state index is 13.5. The summed E-state index contributed by atoms with van der Waals surface area (Å²) in [5, 5.41) is 0. The minimum absolute atomic E-state index is 0.0925. The van der Waals surface area contributed by atoms with E-state index >= 15 is 0 Å². The summed E-state index contributed by atoms with van der Waals surface area (Å²) in [5.74, 6) is -1.56. The number of halogens is 4. The topological polar surface area (TPSA) is 17.1 Å². The van der Waals surface area contributed by atoms with Crippen LogP contribution in [0.15, 0.2) is 40.9 Å². The van der Waals surface area contributed by atoms with Crippen LogP contribution in [-0.2, 0) is 6.42 Å². The number of hydrogen-bond donors (Lipinski definition) is 0. The molecule has 98 valence electrons. The fourth-order valence-corrected chi connectivity index (χ4v) is 2.60. The smallest absolute Gasteiger partial charge is 0.168 e. The molecule has 0 N–H and O–H groups in total. The lowest BCUT2D eigenvalue weighted by Gasteiger charge is -2.06. The van der Waals surface area contributed by atoms with Crippen molar-refractivity contribution in [2.24, 2.45) is 0 Å². The molecule has 0 bridgehead atoms. The van der Waals surface area contributed by atoms with Crippen molar-refractivity contribution in [2.75, 3.05) is 0 Å². The van der Waals surface area contributed by atoms with E-state index < -0.39 is 11.6 Å². The highest BCUT2D eigenvalue weighted by Gasteiger charge is 2.14. The van der Waals surface area contributed by atoms with E-state index in [-0.39, 0.29) is 17.8 Å². The Hall–Kier alpha value is -0.820. The van der Waals surface area contributed by atoms with Crippen LogP contribution in [0.5, 0.6) is 0 Å². The van der Waals surface area contributed by atoms with Crippen molar-refractivity contribution in [3.8, 4) is 0 Å². The summed E-state index contributed by atoms with van der Waals surface area (Å²) in [7, 11) is 0. The lowest BCUT2D eigenvalue weighted by molar-refractivity contribution is 0.0991. The Bertz CT molecular complexity index is 643. The SMILES string of the molecule is O=C(Cc1ccc(F)cc1F)c1cc(I)ccc1Br. The molecule has 2 aromatic rings. The van der Waals surface area contributed by atoms with Crippen LogP contribution in [0, 0.1) is 15.2 Å². The average molecular weight is 437 g/mol. The van der Waals surface area contributed by atoms with Crippen molar-refractivity contribution >= 4 is 44.3 Å². The van der Waals surface area contributed by atoms with Gasteiger partial charge in [0.1, 0.15) is 11.6 Å². The average Bonchev–Trinajstić information content (AvgIpc) is 2.35. The van der Waals surface area contributed by atoms with Gasteiger partial charge in [0.05, 0.1) is 0 Å². The zero-order valence-electron chi connectivity index (χ0n) is 9.59. The van der Waals surface area contributed by atoms with E-state index in [0.717, 1.165) is 15.7 Å². The number of carbonyl (C=O) groups is 1. The lowest BCUT2D eigenvalue weighted by atomic mass is 10.0. The second kappa shape index (κ2) is 6.09. The summed E-state index contributed by atoms with van der Waals surface area (Å²) < 4.78 is 27.9. The summed E-state index contributed by atoms with van der Waals surface area (Å²) in [6.45, 7) is 0. The molecule has 0 atom stereocenters. The largest absolute Gasteiger partial charge is 0.294 e. The van der Waals surface area contributed by atoms with Crippen LogP contribution in [0.25, 0.3) is 0 Å². The molecule has 0 saturated carbocycles. The molecule has 5 heteroatoms. The summed E-state index contributed by atoms with van der Waals surface area (Å²) in [5.41, 5.74) is 0.688. The standard InChI is InChI=1S/C14H8BrF2IO/c15-12-4-3-10(18)7-11(12)14(19)5-8-1-2-9(16)6-13(8)17/h1-4,6-7H,5H2. The highest BCUT2D eigenvalue weighted by Crippen LogP contribution is 2.22. The van der Waals surface area contributed by atoms with E-state index in [4.69, 9.17) is 0 Å². The van der Waals surface area contributed by atoms with Crippen molar-refractivity contribution in [3.63, 3.8) is 0 Å². The first-order chi connectivity index (χ1) is 8.97. The van der Waals surface area contributed by atoms with Crippen LogP contribution in [-0.4, -0.2) is 5.78 Å². The first kappa shape index (κ1) is 14.6. The molecule has 0 fully saturated rings. The Balaban J connectivity index is 2.28. The molecule has 0 heterocycles. The van der Waals surface area contributed by atoms with E-state index in [9.17, 15) is 13.6 Å². The van der Waals surface area contributed by atoms with Crippen LogP contribution < -0.4 is 0 Å². The van der Waals surface area contributed by atoms with Gasteiger partial charge in [-0.3, -0.25) is 4.79 Å². The van der Waals surface area contributed by atoms with Gasteiger partial charge in [-0.1, -0.05) is 22.0 Å². The zero-order valence-corrected chi connectivity index (χ0v) is 13.3. The Morgan fingerprint density at radius 1 is 1.16 bits per heavy atom. The van der Waals surface area contributed by atoms with Gasteiger partial charge in [0.25, 0.3) is 0 Å². The molecule has 1 nitrogen and oxygen atoms in total. The quantitative estimate of drug-likeness (QED) is 0.501. The first-order valence-corrected chi connectivity index (χ1v) is 7.26. The predicted molar refractivity (Wildman–Crippen MR) is 81.3 cm³/mol. The van der Waals surface area contributed by atoms with Crippen molar-refractivity contribution in [3.05, 3.63) is 67.2 Å². The van der Waals surface area contributed by atoms with Crippen LogP contribution in [0.1, 0.15) is 15.9 Å². The second-order valence-corrected chi connectivity index (χ2v) is 6.06. The second-order valence-electron chi connectivity index (χ2n) is 3.96. The summed E-state index contributed by atoms with van der Waals surface area (Å²) >= 11 is 5.40. The summed E-state index contributed by atoms with van der Waals surface area (Å²) in [4.78, 5) is 12.1. The molecule has 0 aliphatic heterocycles. The Labute approximate surface area is 131 Å². The highest BCUT2D eigenvalue weighted by atomic mass is 127. The number of Topliss-reactive ketones (excluding diaryl/α,β-unsaturated/α-hetero) is 1. The summed E-state index contributed by atoms with van der Waals surface area (Å²) in [6, 6.07) is 8.59. The van der Waals surface area contributed by atoms with Crippen LogP contribution in [0.2, 0.25) is 0 Å². The lowest BCUT2D eigenvalue weighted by Crippen LogP contribution is -2.06. The number of rotatable bonds is 3. The molecule has 2 rings (SSSR count). The molecule has 0 spiro atoms. The van der Waals surface area contributed by atoms with E-state index in [1.165, 1.54) is 6.07 Å². The van der Waals surface area contributed by atoms with E-state index in [0.29, 0.717) is 10.0 Å². The van der Waals surface area contributed by atoms with Crippen molar-refractivity contribution in [2.45, 2.75) is 6.42 Å². The maximum Gasteiger partial charge on any atom is 0.168 e. The van der Waals surface area contributed by atoms with Crippen molar-refractivity contribution in [1.82, 2.24) is 0 Å². The molecule has 19 heavy (non-hydrogen) atoms. The maximum absolute atomic E-state index is 13.5. The molecular formula is C14H8BrF2IO. The molecule has 0 radical (unpaired) electrons. The van der Waals surface area contributed by atoms with E-state index in [1.807, 2.05) is 6.07 Å². The molecule has 0 unspecified atom stereocenters. The fourth-order valence-electron chi connectivity index (χ4n) is 1.64. The Morgan fingerprint density at radius 2 is 1.89 bits per heavy atom. The number of carbonyl (C=O) groups excluding carboxylic acids is 1. The first-order valence-electron chi connectivity index (χ1n) is 5.39. The van der Waals surface area contributed by atoms with Gasteiger partial charge in [-0.05, 0) is 52.4 Å². The molecule has 0 aromatic heterocycles. The fraction of sp³-hybridized carbons (Fsp3) is 0.0714. The zero-order chi connectivity index (χ0) is 14.0. The highest BCUT2D eigenvalue weighted by molar-refractivity contribution is 14.1. The van der Waals surface area contributed by atoms with Gasteiger partial charge in [-0.2, -0.15) is 0 Å². The molecule has 2 aromatic carbocycles. The minimum Gasteiger partial charge on any atom is -0.294 e. The number of benzene rings is 2. The normalized spacial score (nSPS) is 10.5. The van der Waals surface area contributed by atoms with Crippen molar-refractivity contribution < 1.29 is 13.6 Å². The number of ketones is 1. The van der Waals surface area contributed by atoms with Gasteiger partial charge < -0.3 is 0 Å². The molecule has 0 amide bonds. The monoisotopic (exact) mass is 436 g/mol. The van der Waals surface area contributed by atoms with E-state index in [1.54, 1.807) is 12.1 Å². The third-order valence-corrected chi connectivity index (χ3v) is 3.96. The molecule has 0 aliphatic carbocycles. The predicted octanol–water partition coefficient (Wildman–Crippen LogP) is 4.76. The number of hydrogen-bond acceptors (Lipinski definition) is 1. The molecular weight excluding hydrogens is 429 g/mol. The van der Waals surface area contributed by atoms with Crippen LogP contribution in [0.3, 0.4) is 0 Å². The molecule has 0 aliphatic rings. The Kier molecular flexibility index (Phi) is 4.67. The third-order valence-electron chi connectivity index (χ3n) is 2.59. The van der Waals surface area contributed by atoms with Gasteiger partial charge in [0.2, 0.25) is 0 Å². The van der Waals surface area contributed by atoms with Gasteiger partial charge >= 0.3 is 0 Å². The van der Waals surface area contributed by atoms with Crippen LogP contribution in [0.4, 0.5) is 8.78 Å². The van der Waals surface area contributed by atoms with Gasteiger partial charge in [-0.15, -0.1) is 0 Å². The third kappa shape index (κ3) is 3.60. The van der Waals surface area contributed by atoms with Gasteiger partial charge in [0, 0.05) is 26.1 Å². The minimum atomic E-state index is -0.699. The summed E-state index contributed by atoms with van der Waals surface area (Å²) in [6.07, 6.45) is -0.0925. The van der Waals surface area contributed by atoms with E-state index in [2.05, 4.69) is 38.5 Å². The van der Waals surface area contributed by atoms with Gasteiger partial charge in [-0.25, -0.2) is 8.78 Å².